The average Bonchev–Trinajstić information content (AvgIpc) is 2.40. The predicted molar refractivity (Wildman–Crippen MR) is 71.0 cm³/mol. The molecule has 1 aromatic rings. The highest BCUT2D eigenvalue weighted by molar-refractivity contribution is 7.99. The largest absolute Gasteiger partial charge is 0.331 e. The molecule has 1 amide bonds. The van der Waals surface area contributed by atoms with E-state index in [0.29, 0.717) is 23.6 Å². The standard InChI is InChI=1S/C14H17NOS/c16-13-9-12(11-5-2-1-3-6-11)10-14-15(13)7-4-8-17-14/h1-3,5-6,12,14H,4,7-10H2/t12-,14-/m1/s1. The first kappa shape index (κ1) is 11.1. The second-order valence-electron chi connectivity index (χ2n) is 4.81. The Labute approximate surface area is 106 Å². The molecular formula is C14H17NOS. The molecule has 0 radical (unpaired) electrons. The fourth-order valence-electron chi connectivity index (χ4n) is 2.80. The van der Waals surface area contributed by atoms with Crippen molar-refractivity contribution in [3.8, 4) is 0 Å². The Morgan fingerprint density at radius 2 is 2.06 bits per heavy atom. The number of carbonyl (C=O) groups excluding carboxylic acids is 1. The quantitative estimate of drug-likeness (QED) is 0.760. The molecule has 2 heterocycles. The Morgan fingerprint density at radius 1 is 1.24 bits per heavy atom. The number of rotatable bonds is 1. The maximum absolute atomic E-state index is 12.1. The van der Waals surface area contributed by atoms with Gasteiger partial charge in [0.05, 0.1) is 5.37 Å². The summed E-state index contributed by atoms with van der Waals surface area (Å²) in [7, 11) is 0. The van der Waals surface area contributed by atoms with E-state index in [1.807, 2.05) is 17.8 Å². The SMILES string of the molecule is O=C1C[C@@H](c2ccccc2)C[C@H]2SCCCN12. The molecule has 0 spiro atoms. The highest BCUT2D eigenvalue weighted by Crippen LogP contribution is 2.38. The monoisotopic (exact) mass is 247 g/mol. The summed E-state index contributed by atoms with van der Waals surface area (Å²) in [6.45, 7) is 0.970. The van der Waals surface area contributed by atoms with Gasteiger partial charge in [0.2, 0.25) is 5.91 Å². The van der Waals surface area contributed by atoms with Crippen molar-refractivity contribution in [2.75, 3.05) is 12.3 Å². The molecule has 0 unspecified atom stereocenters. The lowest BCUT2D eigenvalue weighted by Gasteiger charge is -2.41. The molecule has 2 nitrogen and oxygen atoms in total. The lowest BCUT2D eigenvalue weighted by Crippen LogP contribution is -2.47. The maximum atomic E-state index is 12.1. The molecule has 3 rings (SSSR count). The Hall–Kier alpha value is -0.960. The molecular weight excluding hydrogens is 230 g/mol. The van der Waals surface area contributed by atoms with Crippen molar-refractivity contribution in [3.63, 3.8) is 0 Å². The zero-order valence-corrected chi connectivity index (χ0v) is 10.7. The summed E-state index contributed by atoms with van der Waals surface area (Å²) in [6.07, 6.45) is 2.98. The molecule has 2 fully saturated rings. The van der Waals surface area contributed by atoms with E-state index in [0.717, 1.165) is 19.4 Å². The van der Waals surface area contributed by atoms with Crippen molar-refractivity contribution in [3.05, 3.63) is 35.9 Å². The third-order valence-electron chi connectivity index (χ3n) is 3.70. The van der Waals surface area contributed by atoms with E-state index in [1.165, 1.54) is 11.3 Å². The minimum Gasteiger partial charge on any atom is -0.331 e. The molecule has 3 heteroatoms. The Morgan fingerprint density at radius 3 is 2.88 bits per heavy atom. The number of carbonyl (C=O) groups is 1. The van der Waals surface area contributed by atoms with E-state index >= 15 is 0 Å². The van der Waals surface area contributed by atoms with Gasteiger partial charge in [-0.15, -0.1) is 11.8 Å². The predicted octanol–water partition coefficient (Wildman–Crippen LogP) is 2.86. The lowest BCUT2D eigenvalue weighted by atomic mass is 9.89. The summed E-state index contributed by atoms with van der Waals surface area (Å²) < 4.78 is 0. The summed E-state index contributed by atoms with van der Waals surface area (Å²) in [5, 5.41) is 0.426. The molecule has 0 bridgehead atoms. The summed E-state index contributed by atoms with van der Waals surface area (Å²) in [6, 6.07) is 10.5. The summed E-state index contributed by atoms with van der Waals surface area (Å²) in [4.78, 5) is 14.2. The van der Waals surface area contributed by atoms with E-state index in [1.54, 1.807) is 0 Å². The molecule has 2 saturated heterocycles. The Balaban J connectivity index is 1.79. The molecule has 2 atom stereocenters. The van der Waals surface area contributed by atoms with E-state index in [4.69, 9.17) is 0 Å². The van der Waals surface area contributed by atoms with Crippen LogP contribution in [0, 0.1) is 0 Å². The molecule has 2 aliphatic rings. The molecule has 17 heavy (non-hydrogen) atoms. The Kier molecular flexibility index (Phi) is 3.10. The van der Waals surface area contributed by atoms with Gasteiger partial charge in [0, 0.05) is 13.0 Å². The van der Waals surface area contributed by atoms with Crippen LogP contribution in [0.5, 0.6) is 0 Å². The van der Waals surface area contributed by atoms with Crippen molar-refractivity contribution in [2.24, 2.45) is 0 Å². The number of fused-ring (bicyclic) bond motifs is 1. The first-order chi connectivity index (χ1) is 8.34. The van der Waals surface area contributed by atoms with Crippen LogP contribution in [-0.2, 0) is 4.79 Å². The molecule has 1 aromatic carbocycles. The summed E-state index contributed by atoms with van der Waals surface area (Å²) >= 11 is 1.95. The minimum atomic E-state index is 0.349. The second-order valence-corrected chi connectivity index (χ2v) is 6.10. The van der Waals surface area contributed by atoms with Crippen LogP contribution in [0.2, 0.25) is 0 Å². The highest BCUT2D eigenvalue weighted by atomic mass is 32.2. The van der Waals surface area contributed by atoms with Gasteiger partial charge in [-0.1, -0.05) is 30.3 Å². The second kappa shape index (κ2) is 4.73. The zero-order chi connectivity index (χ0) is 11.7. The molecule has 0 N–H and O–H groups in total. The topological polar surface area (TPSA) is 20.3 Å². The van der Waals surface area contributed by atoms with Crippen molar-refractivity contribution in [1.29, 1.82) is 0 Å². The number of hydrogen-bond donors (Lipinski definition) is 0. The fraction of sp³-hybridized carbons (Fsp3) is 0.500. The van der Waals surface area contributed by atoms with Gasteiger partial charge in [0.1, 0.15) is 0 Å². The third kappa shape index (κ3) is 2.21. The normalized spacial score (nSPS) is 28.9. The number of benzene rings is 1. The number of nitrogens with zero attached hydrogens (tertiary/aromatic N) is 1. The van der Waals surface area contributed by atoms with Crippen molar-refractivity contribution in [2.45, 2.75) is 30.6 Å². The molecule has 0 aliphatic carbocycles. The third-order valence-corrected chi connectivity index (χ3v) is 5.06. The van der Waals surface area contributed by atoms with Crippen molar-refractivity contribution < 1.29 is 4.79 Å². The molecule has 90 valence electrons. The van der Waals surface area contributed by atoms with Crippen LogP contribution in [-0.4, -0.2) is 28.5 Å². The van der Waals surface area contributed by atoms with E-state index in [9.17, 15) is 4.79 Å². The smallest absolute Gasteiger partial charge is 0.224 e. The van der Waals surface area contributed by atoms with Gasteiger partial charge < -0.3 is 4.90 Å². The zero-order valence-electron chi connectivity index (χ0n) is 9.84. The van der Waals surface area contributed by atoms with Crippen LogP contribution in [0.25, 0.3) is 0 Å². The number of hydrogen-bond acceptors (Lipinski definition) is 2. The molecule has 2 aliphatic heterocycles. The van der Waals surface area contributed by atoms with Crippen LogP contribution in [0.3, 0.4) is 0 Å². The van der Waals surface area contributed by atoms with Gasteiger partial charge >= 0.3 is 0 Å². The average molecular weight is 247 g/mol. The van der Waals surface area contributed by atoms with Gasteiger partial charge in [0.25, 0.3) is 0 Å². The van der Waals surface area contributed by atoms with Crippen LogP contribution < -0.4 is 0 Å². The van der Waals surface area contributed by atoms with Gasteiger partial charge in [-0.2, -0.15) is 0 Å². The van der Waals surface area contributed by atoms with Gasteiger partial charge in [-0.25, -0.2) is 0 Å². The molecule has 0 saturated carbocycles. The lowest BCUT2D eigenvalue weighted by molar-refractivity contribution is -0.135. The minimum absolute atomic E-state index is 0.349. The number of thioether (sulfide) groups is 1. The van der Waals surface area contributed by atoms with Crippen LogP contribution in [0.15, 0.2) is 30.3 Å². The van der Waals surface area contributed by atoms with Crippen LogP contribution >= 0.6 is 11.8 Å². The van der Waals surface area contributed by atoms with Crippen LogP contribution in [0.4, 0.5) is 0 Å². The first-order valence-electron chi connectivity index (χ1n) is 6.30. The first-order valence-corrected chi connectivity index (χ1v) is 7.35. The Bertz CT molecular complexity index is 406. The van der Waals surface area contributed by atoms with Gasteiger partial charge in [0.15, 0.2) is 0 Å². The van der Waals surface area contributed by atoms with E-state index in [2.05, 4.69) is 29.2 Å². The fourth-order valence-corrected chi connectivity index (χ4v) is 4.14. The molecule has 0 aromatic heterocycles. The highest BCUT2D eigenvalue weighted by Gasteiger charge is 2.35. The summed E-state index contributed by atoms with van der Waals surface area (Å²) in [5.41, 5.74) is 1.33. The van der Waals surface area contributed by atoms with Crippen molar-refractivity contribution >= 4 is 17.7 Å². The van der Waals surface area contributed by atoms with E-state index < -0.39 is 0 Å². The number of amides is 1. The van der Waals surface area contributed by atoms with Crippen molar-refractivity contribution in [1.82, 2.24) is 4.90 Å². The van der Waals surface area contributed by atoms with Gasteiger partial charge in [-0.05, 0) is 30.1 Å². The van der Waals surface area contributed by atoms with Crippen LogP contribution in [0.1, 0.15) is 30.7 Å². The summed E-state index contributed by atoms with van der Waals surface area (Å²) in [5.74, 6) is 1.98. The van der Waals surface area contributed by atoms with E-state index in [-0.39, 0.29) is 0 Å². The number of piperidine rings is 1. The van der Waals surface area contributed by atoms with Gasteiger partial charge in [-0.3, -0.25) is 4.79 Å². The maximum Gasteiger partial charge on any atom is 0.224 e.